The van der Waals surface area contributed by atoms with E-state index in [-0.39, 0.29) is 11.9 Å². The van der Waals surface area contributed by atoms with Crippen LogP contribution in [-0.4, -0.2) is 37.5 Å². The van der Waals surface area contributed by atoms with Crippen LogP contribution < -0.4 is 0 Å². The van der Waals surface area contributed by atoms with Crippen LogP contribution >= 0.6 is 0 Å². The molecule has 1 amide bonds. The van der Waals surface area contributed by atoms with Gasteiger partial charge in [-0.1, -0.05) is 0 Å². The molecule has 2 N–H and O–H groups in total. The number of piperidine rings is 1. The molecule has 0 saturated carbocycles. The number of aromatic nitrogens is 4. The molecule has 3 heterocycles. The Morgan fingerprint density at radius 2 is 2.37 bits per heavy atom. The highest BCUT2D eigenvalue weighted by Gasteiger charge is 2.31. The molecule has 0 bridgehead atoms. The summed E-state index contributed by atoms with van der Waals surface area (Å²) < 4.78 is 0. The second-order valence-corrected chi connectivity index (χ2v) is 4.87. The van der Waals surface area contributed by atoms with E-state index in [2.05, 4.69) is 20.2 Å². The molecular weight excluding hydrogens is 242 g/mol. The van der Waals surface area contributed by atoms with Crippen LogP contribution in [-0.2, 0) is 0 Å². The van der Waals surface area contributed by atoms with E-state index in [0.717, 1.165) is 37.5 Å². The maximum Gasteiger partial charge on any atom is 0.270 e. The molecule has 1 aliphatic rings. The molecule has 0 aliphatic carbocycles. The Labute approximate surface area is 111 Å². The molecule has 0 spiro atoms. The summed E-state index contributed by atoms with van der Waals surface area (Å²) in [6.07, 6.45) is 4.83. The third kappa shape index (κ3) is 2.25. The number of nitrogens with one attached hydrogen (secondary N) is 2. The zero-order valence-corrected chi connectivity index (χ0v) is 10.9. The normalized spacial score (nSPS) is 19.6. The van der Waals surface area contributed by atoms with Gasteiger partial charge in [0.15, 0.2) is 5.82 Å². The quantitative estimate of drug-likeness (QED) is 0.863. The van der Waals surface area contributed by atoms with Crippen molar-refractivity contribution in [2.45, 2.75) is 32.2 Å². The lowest BCUT2D eigenvalue weighted by Gasteiger charge is -2.33. The molecule has 1 fully saturated rings. The molecular formula is C13H17N5O. The van der Waals surface area contributed by atoms with Gasteiger partial charge in [-0.3, -0.25) is 9.89 Å². The number of carbonyl (C=O) groups excluding carboxylic acids is 1. The van der Waals surface area contributed by atoms with E-state index in [1.807, 2.05) is 17.9 Å². The minimum Gasteiger partial charge on any atom is -0.357 e. The molecule has 2 aromatic rings. The van der Waals surface area contributed by atoms with Gasteiger partial charge < -0.3 is 9.88 Å². The molecule has 0 aromatic carbocycles. The summed E-state index contributed by atoms with van der Waals surface area (Å²) in [5, 5.41) is 7.07. The Balaban J connectivity index is 1.87. The van der Waals surface area contributed by atoms with Crippen LogP contribution in [0.4, 0.5) is 0 Å². The Kier molecular flexibility index (Phi) is 3.06. The van der Waals surface area contributed by atoms with Crippen LogP contribution in [0.1, 0.15) is 47.4 Å². The minimum atomic E-state index is -0.0190. The number of hydrogen-bond acceptors (Lipinski definition) is 3. The van der Waals surface area contributed by atoms with Gasteiger partial charge in [-0.2, -0.15) is 5.10 Å². The van der Waals surface area contributed by atoms with E-state index in [4.69, 9.17) is 0 Å². The van der Waals surface area contributed by atoms with Gasteiger partial charge in [0.25, 0.3) is 5.91 Å². The van der Waals surface area contributed by atoms with Crippen molar-refractivity contribution in [2.24, 2.45) is 0 Å². The lowest BCUT2D eigenvalue weighted by molar-refractivity contribution is 0.0595. The first-order valence-electron chi connectivity index (χ1n) is 6.59. The number of hydrogen-bond donors (Lipinski definition) is 2. The third-order valence-corrected chi connectivity index (χ3v) is 3.50. The van der Waals surface area contributed by atoms with Crippen LogP contribution in [0.15, 0.2) is 18.3 Å². The first-order chi connectivity index (χ1) is 9.25. The summed E-state index contributed by atoms with van der Waals surface area (Å²) in [5.74, 6) is 1.53. The molecule has 100 valence electrons. The zero-order chi connectivity index (χ0) is 13.2. The maximum atomic E-state index is 12.5. The summed E-state index contributed by atoms with van der Waals surface area (Å²) in [6, 6.07) is 3.62. The average Bonchev–Trinajstić information content (AvgIpc) is 3.09. The number of carbonyl (C=O) groups is 1. The zero-order valence-electron chi connectivity index (χ0n) is 10.9. The maximum absolute atomic E-state index is 12.5. The van der Waals surface area contributed by atoms with Crippen LogP contribution in [0.5, 0.6) is 0 Å². The summed E-state index contributed by atoms with van der Waals surface area (Å²) in [5.41, 5.74) is 0.624. The topological polar surface area (TPSA) is 77.7 Å². The van der Waals surface area contributed by atoms with E-state index in [1.54, 1.807) is 12.3 Å². The molecule has 1 saturated heterocycles. The summed E-state index contributed by atoms with van der Waals surface area (Å²) in [7, 11) is 0. The van der Waals surface area contributed by atoms with Crippen molar-refractivity contribution in [3.8, 4) is 0 Å². The highest BCUT2D eigenvalue weighted by atomic mass is 16.2. The molecule has 0 radical (unpaired) electrons. The molecule has 1 atom stereocenters. The van der Waals surface area contributed by atoms with Gasteiger partial charge in [-0.15, -0.1) is 0 Å². The summed E-state index contributed by atoms with van der Waals surface area (Å²) in [6.45, 7) is 2.63. The van der Waals surface area contributed by atoms with E-state index >= 15 is 0 Å². The van der Waals surface area contributed by atoms with Gasteiger partial charge in [0.05, 0.1) is 6.04 Å². The third-order valence-electron chi connectivity index (χ3n) is 3.50. The largest absolute Gasteiger partial charge is 0.357 e. The molecule has 2 aromatic heterocycles. The fraction of sp³-hybridized carbons (Fsp3) is 0.462. The molecule has 6 nitrogen and oxygen atoms in total. The number of rotatable bonds is 2. The van der Waals surface area contributed by atoms with Crippen molar-refractivity contribution in [1.82, 2.24) is 25.1 Å². The second kappa shape index (κ2) is 4.87. The first kappa shape index (κ1) is 12.0. The lowest BCUT2D eigenvalue weighted by atomic mass is 10.0. The van der Waals surface area contributed by atoms with Crippen molar-refractivity contribution in [3.63, 3.8) is 0 Å². The van der Waals surface area contributed by atoms with Gasteiger partial charge >= 0.3 is 0 Å². The van der Waals surface area contributed by atoms with Gasteiger partial charge in [-0.05, 0) is 38.3 Å². The molecule has 1 aliphatic heterocycles. The Bertz CT molecular complexity index is 559. The number of amides is 1. The Hall–Kier alpha value is -2.11. The molecule has 19 heavy (non-hydrogen) atoms. The number of likely N-dealkylation sites (tertiary alicyclic amines) is 1. The van der Waals surface area contributed by atoms with Gasteiger partial charge in [0.1, 0.15) is 11.5 Å². The molecule has 6 heteroatoms. The predicted molar refractivity (Wildman–Crippen MR) is 69.5 cm³/mol. The fourth-order valence-corrected chi connectivity index (χ4v) is 2.57. The standard InChI is InChI=1S/C13H17N5O/c1-9-15-12(17-16-9)11-6-2-3-8-18(11)13(19)10-5-4-7-14-10/h4-5,7,11,14H,2-3,6,8H2,1H3,(H,15,16,17)/t11-/m1/s1. The number of H-pyrrole nitrogens is 2. The van der Waals surface area contributed by atoms with Crippen molar-refractivity contribution in [2.75, 3.05) is 6.54 Å². The summed E-state index contributed by atoms with van der Waals surface area (Å²) in [4.78, 5) is 21.7. The second-order valence-electron chi connectivity index (χ2n) is 4.87. The number of aryl methyl sites for hydroxylation is 1. The van der Waals surface area contributed by atoms with E-state index < -0.39 is 0 Å². The van der Waals surface area contributed by atoms with Crippen molar-refractivity contribution in [3.05, 3.63) is 35.7 Å². The number of nitrogens with zero attached hydrogens (tertiary/aromatic N) is 3. The predicted octanol–water partition coefficient (Wildman–Crippen LogP) is 1.81. The molecule has 0 unspecified atom stereocenters. The van der Waals surface area contributed by atoms with Gasteiger partial charge in [-0.25, -0.2) is 4.98 Å². The highest BCUT2D eigenvalue weighted by molar-refractivity contribution is 5.92. The van der Waals surface area contributed by atoms with E-state index in [0.29, 0.717) is 5.69 Å². The highest BCUT2D eigenvalue weighted by Crippen LogP contribution is 2.29. The lowest BCUT2D eigenvalue weighted by Crippen LogP contribution is -2.39. The monoisotopic (exact) mass is 259 g/mol. The Morgan fingerprint density at radius 3 is 3.05 bits per heavy atom. The van der Waals surface area contributed by atoms with Crippen molar-refractivity contribution < 1.29 is 4.79 Å². The van der Waals surface area contributed by atoms with E-state index in [9.17, 15) is 4.79 Å². The van der Waals surface area contributed by atoms with Crippen LogP contribution in [0.2, 0.25) is 0 Å². The van der Waals surface area contributed by atoms with E-state index in [1.165, 1.54) is 0 Å². The summed E-state index contributed by atoms with van der Waals surface area (Å²) >= 11 is 0. The van der Waals surface area contributed by atoms with Crippen molar-refractivity contribution >= 4 is 5.91 Å². The first-order valence-corrected chi connectivity index (χ1v) is 6.59. The van der Waals surface area contributed by atoms with Crippen LogP contribution in [0.25, 0.3) is 0 Å². The van der Waals surface area contributed by atoms with Gasteiger partial charge in [0, 0.05) is 12.7 Å². The minimum absolute atomic E-state index is 0.0190. The average molecular weight is 259 g/mol. The molecule has 3 rings (SSSR count). The smallest absolute Gasteiger partial charge is 0.270 e. The van der Waals surface area contributed by atoms with Crippen LogP contribution in [0.3, 0.4) is 0 Å². The number of aromatic amines is 2. The Morgan fingerprint density at radius 1 is 1.47 bits per heavy atom. The fourth-order valence-electron chi connectivity index (χ4n) is 2.57. The van der Waals surface area contributed by atoms with Gasteiger partial charge in [0.2, 0.25) is 0 Å². The van der Waals surface area contributed by atoms with Crippen molar-refractivity contribution in [1.29, 1.82) is 0 Å². The SMILES string of the molecule is Cc1nc([C@H]2CCCCN2C(=O)c2ccc[nH]2)n[nH]1. The van der Waals surface area contributed by atoms with Crippen LogP contribution in [0, 0.1) is 6.92 Å².